The van der Waals surface area contributed by atoms with E-state index in [-0.39, 0.29) is 0 Å². The van der Waals surface area contributed by atoms with Crippen LogP contribution in [0.3, 0.4) is 0 Å². The van der Waals surface area contributed by atoms with Crippen LogP contribution in [-0.2, 0) is 0 Å². The third kappa shape index (κ3) is 11.3. The molecule has 0 spiro atoms. The molecule has 0 aliphatic heterocycles. The summed E-state index contributed by atoms with van der Waals surface area (Å²) in [5.41, 5.74) is 1.94. The molecule has 0 radical (unpaired) electrons. The number of hydrogen-bond acceptors (Lipinski definition) is 3. The van der Waals surface area contributed by atoms with E-state index < -0.39 is 6.42 Å². The van der Waals surface area contributed by atoms with Gasteiger partial charge in [-0.05, 0) is 72.8 Å². The minimum atomic E-state index is -3.10. The molecule has 190 valence electrons. The van der Waals surface area contributed by atoms with Gasteiger partial charge >= 0.3 is 6.42 Å². The van der Waals surface area contributed by atoms with Crippen molar-refractivity contribution in [3.8, 4) is 52.5 Å². The number of hydrogen-bond donors (Lipinski definition) is 0. The Balaban J connectivity index is 0.000000877. The van der Waals surface area contributed by atoms with Crippen molar-refractivity contribution in [1.82, 2.24) is 0 Å². The molecular formula is C31H33BFNO3. The molecule has 0 aliphatic carbocycles. The minimum absolute atomic E-state index is 0.646. The van der Waals surface area contributed by atoms with Crippen molar-refractivity contribution in [3.05, 3.63) is 89.5 Å². The number of nitrogens with zero attached hydrogens (tertiary/aromatic N) is 1. The molecule has 0 unspecified atom stereocenters. The Bertz CT molecular complexity index is 1160. The Kier molecular flexibility index (Phi) is 10.7. The average Bonchev–Trinajstić information content (AvgIpc) is 2.90. The lowest BCUT2D eigenvalue weighted by atomic mass is 9.46. The normalized spacial score (nSPS) is 10.1. The molecule has 0 aliphatic rings. The largest absolute Gasteiger partial charge is 0.497 e. The molecule has 0 fully saturated rings. The Hall–Kier alpha value is -4.31. The van der Waals surface area contributed by atoms with Crippen molar-refractivity contribution >= 4 is 6.42 Å². The molecule has 6 heteroatoms. The molecule has 0 bridgehead atoms. The second kappa shape index (κ2) is 13.7. The lowest BCUT2D eigenvalue weighted by molar-refractivity contribution is -0.849. The summed E-state index contributed by atoms with van der Waals surface area (Å²) in [4.78, 5) is 0. The number of quaternary nitrogens is 1. The highest BCUT2D eigenvalue weighted by Gasteiger charge is 2.14. The summed E-state index contributed by atoms with van der Waals surface area (Å²) in [6, 6.07) is 21.2. The Labute approximate surface area is 220 Å². The van der Waals surface area contributed by atoms with Gasteiger partial charge in [0.05, 0.1) is 49.5 Å². The molecule has 4 nitrogen and oxygen atoms in total. The third-order valence-corrected chi connectivity index (χ3v) is 4.52. The predicted octanol–water partition coefficient (Wildman–Crippen LogP) is 5.02. The van der Waals surface area contributed by atoms with E-state index >= 15 is 4.32 Å². The summed E-state index contributed by atoms with van der Waals surface area (Å²) in [5, 5.41) is 0. The first-order chi connectivity index (χ1) is 17.5. The summed E-state index contributed by atoms with van der Waals surface area (Å²) in [5.74, 6) is 18.6. The van der Waals surface area contributed by atoms with Crippen molar-refractivity contribution < 1.29 is 23.0 Å². The van der Waals surface area contributed by atoms with Crippen molar-refractivity contribution in [2.24, 2.45) is 0 Å². The van der Waals surface area contributed by atoms with Gasteiger partial charge in [0.2, 0.25) is 0 Å². The maximum atomic E-state index is 15.8. The van der Waals surface area contributed by atoms with E-state index in [1.807, 2.05) is 0 Å². The van der Waals surface area contributed by atoms with Crippen LogP contribution in [0.25, 0.3) is 0 Å². The van der Waals surface area contributed by atoms with Crippen LogP contribution in [0.5, 0.6) is 17.2 Å². The summed E-state index contributed by atoms with van der Waals surface area (Å²) in [6.45, 7) is 0. The molecule has 0 amide bonds. The molecular weight excluding hydrogens is 464 g/mol. The fraction of sp³-hybridized carbons (Fsp3) is 0.226. The average molecular weight is 497 g/mol. The van der Waals surface area contributed by atoms with Crippen LogP contribution in [0.1, 0.15) is 16.7 Å². The molecule has 0 aromatic heterocycles. The maximum absolute atomic E-state index is 15.8. The summed E-state index contributed by atoms with van der Waals surface area (Å²) >= 11 is 0. The zero-order valence-electron chi connectivity index (χ0n) is 22.6. The predicted molar refractivity (Wildman–Crippen MR) is 150 cm³/mol. The zero-order chi connectivity index (χ0) is 27.3. The number of ether oxygens (including phenoxy) is 3. The monoisotopic (exact) mass is 497 g/mol. The smallest absolute Gasteiger partial charge is 0.358 e. The molecule has 0 saturated carbocycles. The van der Waals surface area contributed by atoms with Crippen LogP contribution >= 0.6 is 0 Å². The Morgan fingerprint density at radius 1 is 0.514 bits per heavy atom. The molecule has 0 atom stereocenters. The van der Waals surface area contributed by atoms with Gasteiger partial charge in [-0.25, -0.2) is 17.5 Å². The van der Waals surface area contributed by atoms with E-state index in [4.69, 9.17) is 14.2 Å². The lowest BCUT2D eigenvalue weighted by Crippen LogP contribution is -2.27. The quantitative estimate of drug-likeness (QED) is 0.289. The first-order valence-electron chi connectivity index (χ1n) is 11.7. The number of benzene rings is 3. The van der Waals surface area contributed by atoms with E-state index in [2.05, 4.69) is 63.4 Å². The van der Waals surface area contributed by atoms with E-state index in [0.29, 0.717) is 33.9 Å². The van der Waals surface area contributed by atoms with Crippen LogP contribution in [0.15, 0.2) is 72.8 Å². The van der Waals surface area contributed by atoms with Crippen LogP contribution in [-0.4, -0.2) is 60.4 Å². The lowest BCUT2D eigenvalue weighted by Gasteiger charge is -2.14. The van der Waals surface area contributed by atoms with Crippen LogP contribution in [0.2, 0.25) is 0 Å². The fourth-order valence-electron chi connectivity index (χ4n) is 2.68. The van der Waals surface area contributed by atoms with Crippen molar-refractivity contribution in [3.63, 3.8) is 0 Å². The SMILES string of the molecule is COc1ccc(C#C[B-](F)(C#Cc2ccc(OC)cc2)C#Cc2ccc(OC)cc2)cc1.C[N+](C)(C)C. The molecule has 37 heavy (non-hydrogen) atoms. The molecule has 3 rings (SSSR count). The minimum Gasteiger partial charge on any atom is -0.497 e. The highest BCUT2D eigenvalue weighted by molar-refractivity contribution is 6.95. The molecule has 3 aromatic rings. The first kappa shape index (κ1) is 28.9. The molecule has 0 heterocycles. The van der Waals surface area contributed by atoms with E-state index in [9.17, 15) is 0 Å². The number of rotatable bonds is 3. The van der Waals surface area contributed by atoms with Gasteiger partial charge in [-0.2, -0.15) is 0 Å². The van der Waals surface area contributed by atoms with E-state index in [0.717, 1.165) is 4.48 Å². The fourth-order valence-corrected chi connectivity index (χ4v) is 2.68. The van der Waals surface area contributed by atoms with Gasteiger partial charge in [0, 0.05) is 16.7 Å². The van der Waals surface area contributed by atoms with Crippen molar-refractivity contribution in [1.29, 1.82) is 0 Å². The molecule has 0 N–H and O–H groups in total. The van der Waals surface area contributed by atoms with E-state index in [1.165, 1.54) is 0 Å². The topological polar surface area (TPSA) is 27.7 Å². The van der Waals surface area contributed by atoms with Gasteiger partial charge in [0.25, 0.3) is 0 Å². The van der Waals surface area contributed by atoms with Gasteiger partial charge in [0.15, 0.2) is 0 Å². The summed E-state index contributed by atoms with van der Waals surface area (Å²) < 4.78 is 32.2. The van der Waals surface area contributed by atoms with Crippen LogP contribution in [0, 0.1) is 35.2 Å². The van der Waals surface area contributed by atoms with Crippen molar-refractivity contribution in [2.45, 2.75) is 0 Å². The van der Waals surface area contributed by atoms with Crippen LogP contribution in [0.4, 0.5) is 4.32 Å². The third-order valence-electron chi connectivity index (χ3n) is 4.52. The van der Waals surface area contributed by atoms with Gasteiger partial charge in [-0.15, -0.1) is 17.8 Å². The van der Waals surface area contributed by atoms with Crippen LogP contribution < -0.4 is 14.2 Å². The van der Waals surface area contributed by atoms with Crippen molar-refractivity contribution in [2.75, 3.05) is 49.5 Å². The highest BCUT2D eigenvalue weighted by atomic mass is 19.1. The number of halogens is 1. The van der Waals surface area contributed by atoms with Gasteiger partial charge in [0.1, 0.15) is 17.2 Å². The second-order valence-electron chi connectivity index (χ2n) is 9.44. The van der Waals surface area contributed by atoms with Gasteiger partial charge in [-0.1, -0.05) is 0 Å². The van der Waals surface area contributed by atoms with E-state index in [1.54, 1.807) is 94.1 Å². The van der Waals surface area contributed by atoms with Gasteiger partial charge in [-0.3, -0.25) is 0 Å². The molecule has 3 aromatic carbocycles. The summed E-state index contributed by atoms with van der Waals surface area (Å²) in [6.07, 6.45) is -3.10. The highest BCUT2D eigenvalue weighted by Crippen LogP contribution is 2.13. The molecule has 0 saturated heterocycles. The standard InChI is InChI=1S/C27H21BFO3.C4H12N/c1-30-25-10-4-22(5-11-25)16-19-28(29,20-17-23-6-12-26(31-2)13-7-23)21-18-24-8-14-27(32-3)15-9-24;1-5(2,3)4/h4-15H,1-3H3;1-4H3/q-1;+1. The Morgan fingerprint density at radius 2 is 0.730 bits per heavy atom. The summed E-state index contributed by atoms with van der Waals surface area (Å²) in [7, 11) is 13.2. The van der Waals surface area contributed by atoms with Gasteiger partial charge < -0.3 is 23.0 Å². The Morgan fingerprint density at radius 3 is 0.919 bits per heavy atom. The number of methoxy groups -OCH3 is 3. The zero-order valence-corrected chi connectivity index (χ0v) is 22.6. The second-order valence-corrected chi connectivity index (χ2v) is 9.44. The maximum Gasteiger partial charge on any atom is 0.358 e. The first-order valence-corrected chi connectivity index (χ1v) is 11.7.